The maximum Gasteiger partial charge on any atom is 0.326 e. The molecule has 1 aliphatic carbocycles. The second-order valence-corrected chi connectivity index (χ2v) is 4.39. The number of carbonyl (C=O) groups excluding carboxylic acids is 1. The molecule has 0 saturated heterocycles. The summed E-state index contributed by atoms with van der Waals surface area (Å²) in [6.07, 6.45) is 0.633. The van der Waals surface area contributed by atoms with Crippen LogP contribution >= 0.6 is 0 Å². The van der Waals surface area contributed by atoms with Crippen LogP contribution in [0, 0.1) is 5.82 Å². The number of ether oxygens (including phenoxy) is 1. The van der Waals surface area contributed by atoms with E-state index in [1.54, 1.807) is 6.07 Å². The monoisotopic (exact) mass is 221 g/mol. The molecule has 2 aliphatic rings. The highest BCUT2D eigenvalue weighted by Gasteiger charge is 2.64. The van der Waals surface area contributed by atoms with Crippen LogP contribution in [-0.4, -0.2) is 18.6 Å². The fourth-order valence-corrected chi connectivity index (χ4v) is 2.67. The predicted octanol–water partition coefficient (Wildman–Crippen LogP) is 1.33. The van der Waals surface area contributed by atoms with Gasteiger partial charge in [-0.25, -0.2) is 4.39 Å². The summed E-state index contributed by atoms with van der Waals surface area (Å²) in [7, 11) is 1.37. The van der Waals surface area contributed by atoms with Gasteiger partial charge in [-0.1, -0.05) is 12.1 Å². The van der Waals surface area contributed by atoms with E-state index in [9.17, 15) is 9.18 Å². The van der Waals surface area contributed by atoms with E-state index < -0.39 is 5.54 Å². The van der Waals surface area contributed by atoms with Crippen molar-refractivity contribution in [2.24, 2.45) is 0 Å². The minimum Gasteiger partial charge on any atom is -0.468 e. The van der Waals surface area contributed by atoms with Gasteiger partial charge in [0.1, 0.15) is 11.4 Å². The van der Waals surface area contributed by atoms with Crippen molar-refractivity contribution in [3.63, 3.8) is 0 Å². The molecule has 1 aromatic carbocycles. The highest BCUT2D eigenvalue weighted by Crippen LogP contribution is 2.56. The summed E-state index contributed by atoms with van der Waals surface area (Å²) in [4.78, 5) is 11.6. The molecular weight excluding hydrogens is 209 g/mol. The molecule has 1 saturated carbocycles. The Labute approximate surface area is 92.6 Å². The van der Waals surface area contributed by atoms with Gasteiger partial charge in [0.2, 0.25) is 0 Å². The lowest BCUT2D eigenvalue weighted by Crippen LogP contribution is -2.44. The van der Waals surface area contributed by atoms with E-state index in [0.717, 1.165) is 5.56 Å². The van der Waals surface area contributed by atoms with Gasteiger partial charge in [-0.15, -0.1) is 0 Å². The van der Waals surface area contributed by atoms with Crippen molar-refractivity contribution >= 4 is 5.97 Å². The van der Waals surface area contributed by atoms with Gasteiger partial charge in [0.25, 0.3) is 0 Å². The van der Waals surface area contributed by atoms with E-state index in [4.69, 9.17) is 4.74 Å². The van der Waals surface area contributed by atoms with Crippen molar-refractivity contribution < 1.29 is 13.9 Å². The Morgan fingerprint density at radius 2 is 2.44 bits per heavy atom. The van der Waals surface area contributed by atoms with Crippen LogP contribution in [0.4, 0.5) is 4.39 Å². The summed E-state index contributed by atoms with van der Waals surface area (Å²) < 4.78 is 18.5. The van der Waals surface area contributed by atoms with Gasteiger partial charge in [0.15, 0.2) is 0 Å². The quantitative estimate of drug-likeness (QED) is 0.727. The third-order valence-electron chi connectivity index (χ3n) is 3.60. The number of nitrogens with one attached hydrogen (secondary N) is 1. The number of benzene rings is 1. The lowest BCUT2D eigenvalue weighted by molar-refractivity contribution is -0.144. The molecule has 0 aromatic heterocycles. The second kappa shape index (κ2) is 3.04. The van der Waals surface area contributed by atoms with Crippen LogP contribution < -0.4 is 5.32 Å². The van der Waals surface area contributed by atoms with Gasteiger partial charge in [-0.3, -0.25) is 10.1 Å². The van der Waals surface area contributed by atoms with Crippen LogP contribution in [-0.2, 0) is 16.1 Å². The molecule has 2 atom stereocenters. The van der Waals surface area contributed by atoms with Crippen LogP contribution in [0.15, 0.2) is 18.2 Å². The molecule has 1 N–H and O–H groups in total. The first kappa shape index (κ1) is 9.78. The predicted molar refractivity (Wildman–Crippen MR) is 55.3 cm³/mol. The summed E-state index contributed by atoms with van der Waals surface area (Å²) in [5.74, 6) is -0.564. The topological polar surface area (TPSA) is 38.3 Å². The molecule has 4 heteroatoms. The van der Waals surface area contributed by atoms with Crippen molar-refractivity contribution in [1.82, 2.24) is 5.32 Å². The summed E-state index contributed by atoms with van der Waals surface area (Å²) in [5, 5.41) is 3.16. The van der Waals surface area contributed by atoms with E-state index >= 15 is 0 Å². The molecule has 0 radical (unpaired) electrons. The Balaban J connectivity index is 2.04. The number of hydrogen-bond acceptors (Lipinski definition) is 3. The van der Waals surface area contributed by atoms with Crippen LogP contribution in [0.2, 0.25) is 0 Å². The van der Waals surface area contributed by atoms with Crippen molar-refractivity contribution in [3.8, 4) is 0 Å². The van der Waals surface area contributed by atoms with Crippen LogP contribution in [0.1, 0.15) is 23.5 Å². The zero-order chi connectivity index (χ0) is 11.3. The minimum absolute atomic E-state index is 0.0649. The molecule has 1 aliphatic heterocycles. The first-order valence-electron chi connectivity index (χ1n) is 5.30. The standard InChI is InChI=1S/C12H12FNO2/c1-16-11(15)12-5-8(12)10-7(6-14-12)3-2-4-9(10)13/h2-4,8,14H,5-6H2,1H3/t8-,12-/m1/s1. The smallest absolute Gasteiger partial charge is 0.326 e. The fraction of sp³-hybridized carbons (Fsp3) is 0.417. The molecule has 1 fully saturated rings. The van der Waals surface area contributed by atoms with E-state index in [1.165, 1.54) is 13.2 Å². The Morgan fingerprint density at radius 1 is 1.62 bits per heavy atom. The molecule has 0 spiro atoms. The van der Waals surface area contributed by atoms with E-state index in [2.05, 4.69) is 5.32 Å². The Kier molecular flexibility index (Phi) is 1.86. The normalized spacial score (nSPS) is 30.2. The number of esters is 1. The molecular formula is C12H12FNO2. The average Bonchev–Trinajstić information content (AvgIpc) is 3.04. The molecule has 0 amide bonds. The molecule has 84 valence electrons. The average molecular weight is 221 g/mol. The zero-order valence-corrected chi connectivity index (χ0v) is 8.92. The van der Waals surface area contributed by atoms with Crippen molar-refractivity contribution in [2.75, 3.05) is 7.11 Å². The lowest BCUT2D eigenvalue weighted by Gasteiger charge is -2.24. The van der Waals surface area contributed by atoms with Gasteiger partial charge >= 0.3 is 5.97 Å². The molecule has 3 nitrogen and oxygen atoms in total. The van der Waals surface area contributed by atoms with Gasteiger partial charge < -0.3 is 4.74 Å². The third-order valence-corrected chi connectivity index (χ3v) is 3.60. The first-order valence-corrected chi connectivity index (χ1v) is 5.30. The van der Waals surface area contributed by atoms with Crippen LogP contribution in [0.25, 0.3) is 0 Å². The van der Waals surface area contributed by atoms with Gasteiger partial charge in [0.05, 0.1) is 7.11 Å². The first-order chi connectivity index (χ1) is 7.69. The van der Waals surface area contributed by atoms with Gasteiger partial charge in [-0.05, 0) is 23.6 Å². The SMILES string of the molecule is COC(=O)[C@@]12C[C@@H]1c1c(F)cccc1CN2. The number of halogens is 1. The molecule has 3 rings (SSSR count). The van der Waals surface area contributed by atoms with E-state index in [-0.39, 0.29) is 17.7 Å². The van der Waals surface area contributed by atoms with Crippen molar-refractivity contribution in [2.45, 2.75) is 24.4 Å². The highest BCUT2D eigenvalue weighted by molar-refractivity contribution is 5.87. The lowest BCUT2D eigenvalue weighted by atomic mass is 9.95. The summed E-state index contributed by atoms with van der Waals surface area (Å²) >= 11 is 0. The molecule has 16 heavy (non-hydrogen) atoms. The highest BCUT2D eigenvalue weighted by atomic mass is 19.1. The zero-order valence-electron chi connectivity index (χ0n) is 8.92. The maximum absolute atomic E-state index is 13.7. The largest absolute Gasteiger partial charge is 0.468 e. The Bertz CT molecular complexity index is 474. The summed E-state index contributed by atoms with van der Waals surface area (Å²) in [5.41, 5.74) is 0.970. The van der Waals surface area contributed by atoms with Crippen LogP contribution in [0.3, 0.4) is 0 Å². The van der Waals surface area contributed by atoms with E-state index in [1.807, 2.05) is 6.07 Å². The second-order valence-electron chi connectivity index (χ2n) is 4.39. The number of rotatable bonds is 1. The third kappa shape index (κ3) is 1.08. The number of carbonyl (C=O) groups is 1. The molecule has 1 heterocycles. The molecule has 0 unspecified atom stereocenters. The Morgan fingerprint density at radius 3 is 3.19 bits per heavy atom. The van der Waals surface area contributed by atoms with Gasteiger partial charge in [-0.2, -0.15) is 0 Å². The molecule has 1 aromatic rings. The maximum atomic E-state index is 13.7. The van der Waals surface area contributed by atoms with Crippen molar-refractivity contribution in [3.05, 3.63) is 35.1 Å². The summed E-state index contributed by atoms with van der Waals surface area (Å²) in [6, 6.07) is 5.04. The minimum atomic E-state index is -0.663. The fourth-order valence-electron chi connectivity index (χ4n) is 2.67. The summed E-state index contributed by atoms with van der Waals surface area (Å²) in [6.45, 7) is 0.526. The molecule has 0 bridgehead atoms. The van der Waals surface area contributed by atoms with Gasteiger partial charge in [0, 0.05) is 12.5 Å². The van der Waals surface area contributed by atoms with E-state index in [0.29, 0.717) is 18.5 Å². The van der Waals surface area contributed by atoms with Crippen molar-refractivity contribution in [1.29, 1.82) is 0 Å². The number of methoxy groups -OCH3 is 1. The number of fused-ring (bicyclic) bond motifs is 3. The number of hydrogen-bond donors (Lipinski definition) is 1. The Hall–Kier alpha value is -1.42. The van der Waals surface area contributed by atoms with Crippen LogP contribution in [0.5, 0.6) is 0 Å².